The summed E-state index contributed by atoms with van der Waals surface area (Å²) >= 11 is 1.80. The van der Waals surface area contributed by atoms with Crippen molar-refractivity contribution < 1.29 is 0 Å². The van der Waals surface area contributed by atoms with Crippen LogP contribution in [-0.4, -0.2) is 43.6 Å². The van der Waals surface area contributed by atoms with Crippen LogP contribution < -0.4 is 5.32 Å². The first-order valence-electron chi connectivity index (χ1n) is 5.85. The molecule has 1 aromatic carbocycles. The van der Waals surface area contributed by atoms with Crippen LogP contribution in [0, 0.1) is 0 Å². The standard InChI is InChI=1S/C13H19N3S/c1-14-10(9-16(2)3)8-13-15-11-6-4-5-7-12(11)17-13/h4-7,10,14H,8-9H2,1-3H3. The van der Waals surface area contributed by atoms with E-state index in [0.717, 1.165) is 18.5 Å². The summed E-state index contributed by atoms with van der Waals surface area (Å²) in [5, 5.41) is 4.57. The molecule has 1 heterocycles. The van der Waals surface area contributed by atoms with Gasteiger partial charge in [0.2, 0.25) is 0 Å². The van der Waals surface area contributed by atoms with Crippen molar-refractivity contribution in [3.8, 4) is 0 Å². The topological polar surface area (TPSA) is 28.2 Å². The van der Waals surface area contributed by atoms with Crippen molar-refractivity contribution in [3.05, 3.63) is 29.3 Å². The molecule has 0 saturated carbocycles. The quantitative estimate of drug-likeness (QED) is 0.878. The molecule has 0 bridgehead atoms. The number of hydrogen-bond acceptors (Lipinski definition) is 4. The van der Waals surface area contributed by atoms with Crippen LogP contribution in [0.15, 0.2) is 24.3 Å². The second-order valence-corrected chi connectivity index (χ2v) is 5.64. The average Bonchev–Trinajstić information content (AvgIpc) is 2.69. The fourth-order valence-corrected chi connectivity index (χ4v) is 2.96. The Balaban J connectivity index is 2.11. The summed E-state index contributed by atoms with van der Waals surface area (Å²) in [5.74, 6) is 0. The molecule has 0 fully saturated rings. The van der Waals surface area contributed by atoms with E-state index in [2.05, 4.69) is 47.5 Å². The number of benzene rings is 1. The molecule has 1 atom stereocenters. The molecule has 1 N–H and O–H groups in total. The van der Waals surface area contributed by atoms with E-state index >= 15 is 0 Å². The van der Waals surface area contributed by atoms with Gasteiger partial charge in [0, 0.05) is 19.0 Å². The molecule has 2 aromatic rings. The first kappa shape index (κ1) is 12.5. The van der Waals surface area contributed by atoms with Crippen LogP contribution in [0.5, 0.6) is 0 Å². The summed E-state index contributed by atoms with van der Waals surface area (Å²) < 4.78 is 1.28. The average molecular weight is 249 g/mol. The van der Waals surface area contributed by atoms with Crippen LogP contribution in [0.3, 0.4) is 0 Å². The van der Waals surface area contributed by atoms with E-state index in [0.29, 0.717) is 6.04 Å². The number of fused-ring (bicyclic) bond motifs is 1. The van der Waals surface area contributed by atoms with E-state index in [1.807, 2.05) is 13.1 Å². The SMILES string of the molecule is CNC(Cc1nc2ccccc2s1)CN(C)C. The number of para-hydroxylation sites is 1. The first-order chi connectivity index (χ1) is 8.19. The van der Waals surface area contributed by atoms with Crippen molar-refractivity contribution in [2.45, 2.75) is 12.5 Å². The van der Waals surface area contributed by atoms with Gasteiger partial charge in [-0.1, -0.05) is 12.1 Å². The summed E-state index contributed by atoms with van der Waals surface area (Å²) in [6.07, 6.45) is 0.994. The molecule has 2 rings (SSSR count). The maximum absolute atomic E-state index is 4.67. The highest BCUT2D eigenvalue weighted by Gasteiger charge is 2.11. The number of likely N-dealkylation sites (N-methyl/N-ethyl adjacent to an activating group) is 2. The van der Waals surface area contributed by atoms with E-state index < -0.39 is 0 Å². The maximum atomic E-state index is 4.67. The van der Waals surface area contributed by atoms with Crippen molar-refractivity contribution in [3.63, 3.8) is 0 Å². The largest absolute Gasteiger partial charge is 0.315 e. The van der Waals surface area contributed by atoms with Gasteiger partial charge in [0.25, 0.3) is 0 Å². The van der Waals surface area contributed by atoms with Crippen LogP contribution in [-0.2, 0) is 6.42 Å². The molecule has 0 aliphatic heterocycles. The number of aromatic nitrogens is 1. The molecule has 4 heteroatoms. The highest BCUT2D eigenvalue weighted by atomic mass is 32.1. The van der Waals surface area contributed by atoms with E-state index in [1.54, 1.807) is 11.3 Å². The monoisotopic (exact) mass is 249 g/mol. The molecule has 0 radical (unpaired) electrons. The summed E-state index contributed by atoms with van der Waals surface area (Å²) in [4.78, 5) is 6.87. The predicted octanol–water partition coefficient (Wildman–Crippen LogP) is 1.99. The fraction of sp³-hybridized carbons (Fsp3) is 0.462. The van der Waals surface area contributed by atoms with Gasteiger partial charge in [-0.15, -0.1) is 11.3 Å². The smallest absolute Gasteiger partial charge is 0.0954 e. The molecule has 0 aliphatic rings. The molecule has 0 aliphatic carbocycles. The maximum Gasteiger partial charge on any atom is 0.0954 e. The Morgan fingerprint density at radius 2 is 2.12 bits per heavy atom. The van der Waals surface area contributed by atoms with E-state index in [9.17, 15) is 0 Å². The lowest BCUT2D eigenvalue weighted by Gasteiger charge is -2.19. The lowest BCUT2D eigenvalue weighted by atomic mass is 10.2. The van der Waals surface area contributed by atoms with Crippen molar-refractivity contribution in [1.29, 1.82) is 0 Å². The fourth-order valence-electron chi connectivity index (χ4n) is 1.92. The van der Waals surface area contributed by atoms with Gasteiger partial charge in [-0.05, 0) is 33.3 Å². The number of rotatable bonds is 5. The molecule has 0 amide bonds. The lowest BCUT2D eigenvalue weighted by molar-refractivity contribution is 0.346. The molecular weight excluding hydrogens is 230 g/mol. The third-order valence-corrected chi connectivity index (χ3v) is 3.81. The number of hydrogen-bond donors (Lipinski definition) is 1. The lowest BCUT2D eigenvalue weighted by Crippen LogP contribution is -2.37. The molecule has 92 valence electrons. The van der Waals surface area contributed by atoms with Gasteiger partial charge in [-0.25, -0.2) is 4.98 Å². The molecule has 1 aromatic heterocycles. The highest BCUT2D eigenvalue weighted by Crippen LogP contribution is 2.22. The molecular formula is C13H19N3S. The third-order valence-electron chi connectivity index (χ3n) is 2.75. The van der Waals surface area contributed by atoms with Gasteiger partial charge in [-0.3, -0.25) is 0 Å². The van der Waals surface area contributed by atoms with Crippen LogP contribution in [0.25, 0.3) is 10.2 Å². The Morgan fingerprint density at radius 1 is 1.35 bits per heavy atom. The van der Waals surface area contributed by atoms with Gasteiger partial charge >= 0.3 is 0 Å². The number of nitrogens with one attached hydrogen (secondary N) is 1. The Kier molecular flexibility index (Phi) is 4.10. The third kappa shape index (κ3) is 3.25. The van der Waals surface area contributed by atoms with Gasteiger partial charge in [0.1, 0.15) is 0 Å². The summed E-state index contributed by atoms with van der Waals surface area (Å²) in [6.45, 7) is 1.03. The zero-order valence-electron chi connectivity index (χ0n) is 10.6. The summed E-state index contributed by atoms with van der Waals surface area (Å²) in [5.41, 5.74) is 1.12. The van der Waals surface area contributed by atoms with Crippen molar-refractivity contribution in [2.24, 2.45) is 0 Å². The Hall–Kier alpha value is -0.970. The molecule has 1 unspecified atom stereocenters. The van der Waals surface area contributed by atoms with E-state index in [-0.39, 0.29) is 0 Å². The second-order valence-electron chi connectivity index (χ2n) is 4.53. The van der Waals surface area contributed by atoms with Crippen LogP contribution >= 0.6 is 11.3 Å². The second kappa shape index (κ2) is 5.58. The minimum Gasteiger partial charge on any atom is -0.315 e. The van der Waals surface area contributed by atoms with Crippen LogP contribution in [0.1, 0.15) is 5.01 Å². The van der Waals surface area contributed by atoms with E-state index in [1.165, 1.54) is 9.71 Å². The highest BCUT2D eigenvalue weighted by molar-refractivity contribution is 7.18. The van der Waals surface area contributed by atoms with Gasteiger partial charge < -0.3 is 10.2 Å². The number of nitrogens with zero attached hydrogens (tertiary/aromatic N) is 2. The van der Waals surface area contributed by atoms with Crippen LogP contribution in [0.2, 0.25) is 0 Å². The zero-order chi connectivity index (χ0) is 12.3. The summed E-state index contributed by atoms with van der Waals surface area (Å²) in [7, 11) is 6.22. The molecule has 0 saturated heterocycles. The zero-order valence-corrected chi connectivity index (χ0v) is 11.4. The van der Waals surface area contributed by atoms with E-state index in [4.69, 9.17) is 0 Å². The Bertz CT molecular complexity index is 445. The van der Waals surface area contributed by atoms with Crippen molar-refractivity contribution in [1.82, 2.24) is 15.2 Å². The van der Waals surface area contributed by atoms with Crippen molar-refractivity contribution in [2.75, 3.05) is 27.7 Å². The van der Waals surface area contributed by atoms with Gasteiger partial charge in [0.05, 0.1) is 15.2 Å². The molecule has 3 nitrogen and oxygen atoms in total. The van der Waals surface area contributed by atoms with Gasteiger partial charge in [0.15, 0.2) is 0 Å². The van der Waals surface area contributed by atoms with Crippen molar-refractivity contribution >= 4 is 21.6 Å². The summed E-state index contributed by atoms with van der Waals surface area (Å²) in [6, 6.07) is 8.79. The molecule has 17 heavy (non-hydrogen) atoms. The number of thiazole rings is 1. The Morgan fingerprint density at radius 3 is 2.76 bits per heavy atom. The van der Waals surface area contributed by atoms with Crippen LogP contribution in [0.4, 0.5) is 0 Å². The Labute approximate surface area is 106 Å². The predicted molar refractivity (Wildman–Crippen MR) is 74.7 cm³/mol. The molecule has 0 spiro atoms. The van der Waals surface area contributed by atoms with Gasteiger partial charge in [-0.2, -0.15) is 0 Å². The normalized spacial score (nSPS) is 13.4. The minimum absolute atomic E-state index is 0.463. The minimum atomic E-state index is 0.463. The first-order valence-corrected chi connectivity index (χ1v) is 6.67.